The molecular weight excluding hydrogens is 320 g/mol. The van der Waals surface area contributed by atoms with E-state index in [9.17, 15) is 9.59 Å². The highest BCUT2D eigenvalue weighted by molar-refractivity contribution is 5.78. The molecule has 0 spiro atoms. The van der Waals surface area contributed by atoms with Crippen LogP contribution < -0.4 is 5.32 Å². The molecule has 7 heteroatoms. The van der Waals surface area contributed by atoms with Crippen molar-refractivity contribution in [1.82, 2.24) is 20.0 Å². The third-order valence-electron chi connectivity index (χ3n) is 5.04. The van der Waals surface area contributed by atoms with Crippen molar-refractivity contribution < 1.29 is 14.3 Å². The van der Waals surface area contributed by atoms with Crippen molar-refractivity contribution in [3.8, 4) is 0 Å². The first kappa shape index (κ1) is 20.1. The van der Waals surface area contributed by atoms with E-state index >= 15 is 0 Å². The van der Waals surface area contributed by atoms with Gasteiger partial charge in [-0.05, 0) is 18.3 Å². The second-order valence-electron chi connectivity index (χ2n) is 7.64. The molecule has 2 rings (SSSR count). The Labute approximate surface area is 151 Å². The molecule has 2 unspecified atom stereocenters. The van der Waals surface area contributed by atoms with Gasteiger partial charge in [0, 0.05) is 52.9 Å². The molecule has 2 aliphatic heterocycles. The Kier molecular flexibility index (Phi) is 8.12. The molecule has 0 aliphatic carbocycles. The number of hydrogen-bond donors (Lipinski definition) is 1. The van der Waals surface area contributed by atoms with E-state index in [-0.39, 0.29) is 11.8 Å². The number of ether oxygens (including phenoxy) is 1. The Balaban J connectivity index is 1.66. The van der Waals surface area contributed by atoms with Gasteiger partial charge in [-0.15, -0.1) is 0 Å². The predicted octanol–water partition coefficient (Wildman–Crippen LogP) is -0.129. The average molecular weight is 354 g/mol. The van der Waals surface area contributed by atoms with Crippen molar-refractivity contribution in [2.24, 2.45) is 11.8 Å². The van der Waals surface area contributed by atoms with Gasteiger partial charge in [-0.25, -0.2) is 0 Å². The lowest BCUT2D eigenvalue weighted by Gasteiger charge is -2.38. The number of hydrogen-bond acceptors (Lipinski definition) is 5. The summed E-state index contributed by atoms with van der Waals surface area (Å²) in [5.74, 6) is 1.49. The molecule has 2 aliphatic rings. The molecule has 144 valence electrons. The minimum Gasteiger partial charge on any atom is -0.383 e. The maximum absolute atomic E-state index is 12.6. The van der Waals surface area contributed by atoms with Crippen molar-refractivity contribution in [2.75, 3.05) is 72.6 Å². The van der Waals surface area contributed by atoms with Gasteiger partial charge in [0.2, 0.25) is 11.8 Å². The molecule has 0 aromatic carbocycles. The number of carbonyl (C=O) groups is 2. The Morgan fingerprint density at radius 3 is 2.12 bits per heavy atom. The molecule has 0 radical (unpaired) electrons. The van der Waals surface area contributed by atoms with Gasteiger partial charge in [-0.2, -0.15) is 0 Å². The number of amides is 2. The first-order chi connectivity index (χ1) is 12.0. The molecule has 0 aromatic rings. The number of rotatable bonds is 7. The number of nitrogens with zero attached hydrogens (tertiary/aromatic N) is 3. The summed E-state index contributed by atoms with van der Waals surface area (Å²) in [5.41, 5.74) is 0. The zero-order valence-electron chi connectivity index (χ0n) is 16.0. The van der Waals surface area contributed by atoms with Crippen LogP contribution in [0.1, 0.15) is 20.3 Å². The van der Waals surface area contributed by atoms with Crippen LogP contribution in [0.4, 0.5) is 0 Å². The van der Waals surface area contributed by atoms with Crippen molar-refractivity contribution >= 4 is 11.8 Å². The van der Waals surface area contributed by atoms with E-state index < -0.39 is 0 Å². The quantitative estimate of drug-likeness (QED) is 0.646. The minimum absolute atomic E-state index is 0.0397. The van der Waals surface area contributed by atoms with E-state index in [0.717, 1.165) is 39.3 Å². The number of piperidine rings is 1. The normalized spacial score (nSPS) is 25.8. The number of piperazine rings is 1. The zero-order valence-corrected chi connectivity index (χ0v) is 16.0. The molecule has 1 N–H and O–H groups in total. The third-order valence-corrected chi connectivity index (χ3v) is 5.04. The van der Waals surface area contributed by atoms with Crippen LogP contribution in [-0.4, -0.2) is 99.1 Å². The highest BCUT2D eigenvalue weighted by Crippen LogP contribution is 2.21. The molecule has 2 heterocycles. The monoisotopic (exact) mass is 354 g/mol. The Morgan fingerprint density at radius 2 is 1.56 bits per heavy atom. The fourth-order valence-electron chi connectivity index (χ4n) is 3.81. The number of carbonyl (C=O) groups excluding carboxylic acids is 2. The molecule has 0 saturated carbocycles. The van der Waals surface area contributed by atoms with Crippen LogP contribution in [0.15, 0.2) is 0 Å². The second kappa shape index (κ2) is 10.1. The van der Waals surface area contributed by atoms with Gasteiger partial charge >= 0.3 is 0 Å². The number of methoxy groups -OCH3 is 1. The topological polar surface area (TPSA) is 65.1 Å². The summed E-state index contributed by atoms with van der Waals surface area (Å²) in [5, 5.41) is 2.85. The lowest BCUT2D eigenvalue weighted by atomic mass is 9.92. The Hall–Kier alpha value is -1.18. The van der Waals surface area contributed by atoms with Crippen LogP contribution >= 0.6 is 0 Å². The summed E-state index contributed by atoms with van der Waals surface area (Å²) in [6.45, 7) is 11.6. The van der Waals surface area contributed by atoms with Crippen LogP contribution in [0.3, 0.4) is 0 Å². The molecule has 2 atom stereocenters. The summed E-state index contributed by atoms with van der Waals surface area (Å²) in [4.78, 5) is 30.8. The Bertz CT molecular complexity index is 428. The molecule has 2 saturated heterocycles. The molecule has 0 aromatic heterocycles. The Morgan fingerprint density at radius 1 is 1.00 bits per heavy atom. The highest BCUT2D eigenvalue weighted by atomic mass is 16.5. The maximum atomic E-state index is 12.6. The molecule has 2 amide bonds. The molecule has 0 bridgehead atoms. The van der Waals surface area contributed by atoms with Crippen LogP contribution in [0.25, 0.3) is 0 Å². The minimum atomic E-state index is 0.0397. The number of likely N-dealkylation sites (tertiary alicyclic amines) is 1. The van der Waals surface area contributed by atoms with Crippen molar-refractivity contribution in [2.45, 2.75) is 20.3 Å². The fourth-order valence-corrected chi connectivity index (χ4v) is 3.81. The van der Waals surface area contributed by atoms with E-state index in [2.05, 4.69) is 29.0 Å². The second-order valence-corrected chi connectivity index (χ2v) is 7.64. The van der Waals surface area contributed by atoms with Gasteiger partial charge in [-0.1, -0.05) is 13.8 Å². The highest BCUT2D eigenvalue weighted by Gasteiger charge is 2.27. The lowest BCUT2D eigenvalue weighted by Crippen LogP contribution is -2.53. The first-order valence-electron chi connectivity index (χ1n) is 9.46. The predicted molar refractivity (Wildman–Crippen MR) is 97.3 cm³/mol. The van der Waals surface area contributed by atoms with Crippen LogP contribution in [0.2, 0.25) is 0 Å². The van der Waals surface area contributed by atoms with Crippen molar-refractivity contribution in [3.63, 3.8) is 0 Å². The largest absolute Gasteiger partial charge is 0.383 e. The van der Waals surface area contributed by atoms with Crippen molar-refractivity contribution in [3.05, 3.63) is 0 Å². The molecular formula is C18H34N4O3. The van der Waals surface area contributed by atoms with Gasteiger partial charge in [0.25, 0.3) is 0 Å². The van der Waals surface area contributed by atoms with E-state index in [1.54, 1.807) is 7.11 Å². The molecule has 2 fully saturated rings. The van der Waals surface area contributed by atoms with Gasteiger partial charge in [0.05, 0.1) is 19.7 Å². The molecule has 7 nitrogen and oxygen atoms in total. The van der Waals surface area contributed by atoms with Gasteiger partial charge in [-0.3, -0.25) is 19.4 Å². The fraction of sp³-hybridized carbons (Fsp3) is 0.889. The maximum Gasteiger partial charge on any atom is 0.236 e. The standard InChI is InChI=1S/C18H34N4O3/c1-15-10-16(2)12-22(11-15)18(24)14-21-7-5-20(6-8-21)13-17(23)19-4-9-25-3/h15-16H,4-14H2,1-3H3,(H,19,23). The summed E-state index contributed by atoms with van der Waals surface area (Å²) in [6, 6.07) is 0. The summed E-state index contributed by atoms with van der Waals surface area (Å²) in [7, 11) is 1.62. The van der Waals surface area contributed by atoms with E-state index in [0.29, 0.717) is 38.1 Å². The van der Waals surface area contributed by atoms with E-state index in [4.69, 9.17) is 4.74 Å². The van der Waals surface area contributed by atoms with Crippen LogP contribution in [0, 0.1) is 11.8 Å². The average Bonchev–Trinajstić information content (AvgIpc) is 2.56. The molecule has 25 heavy (non-hydrogen) atoms. The summed E-state index contributed by atoms with van der Waals surface area (Å²) in [6.07, 6.45) is 1.22. The van der Waals surface area contributed by atoms with Crippen LogP contribution in [-0.2, 0) is 14.3 Å². The summed E-state index contributed by atoms with van der Waals surface area (Å²) < 4.78 is 4.93. The van der Waals surface area contributed by atoms with Crippen molar-refractivity contribution in [1.29, 1.82) is 0 Å². The van der Waals surface area contributed by atoms with Gasteiger partial charge in [0.1, 0.15) is 0 Å². The van der Waals surface area contributed by atoms with Gasteiger partial charge < -0.3 is 15.0 Å². The van der Waals surface area contributed by atoms with Crippen LogP contribution in [0.5, 0.6) is 0 Å². The van der Waals surface area contributed by atoms with E-state index in [1.807, 2.05) is 4.90 Å². The van der Waals surface area contributed by atoms with Gasteiger partial charge in [0.15, 0.2) is 0 Å². The smallest absolute Gasteiger partial charge is 0.236 e. The number of nitrogens with one attached hydrogen (secondary N) is 1. The summed E-state index contributed by atoms with van der Waals surface area (Å²) >= 11 is 0. The zero-order chi connectivity index (χ0) is 18.2. The first-order valence-corrected chi connectivity index (χ1v) is 9.46. The van der Waals surface area contributed by atoms with E-state index in [1.165, 1.54) is 6.42 Å². The SMILES string of the molecule is COCCNC(=O)CN1CCN(CC(=O)N2CC(C)CC(C)C2)CC1. The lowest BCUT2D eigenvalue weighted by molar-refractivity contribution is -0.135. The third kappa shape index (κ3) is 6.92.